The first-order valence-electron chi connectivity index (χ1n) is 10.9. The summed E-state index contributed by atoms with van der Waals surface area (Å²) in [5.74, 6) is 0.766. The topological polar surface area (TPSA) is 58.0 Å². The summed E-state index contributed by atoms with van der Waals surface area (Å²) in [5, 5.41) is 3.93. The van der Waals surface area contributed by atoms with Crippen LogP contribution in [0.25, 0.3) is 11.0 Å². The van der Waals surface area contributed by atoms with Crippen molar-refractivity contribution in [1.82, 2.24) is 10.2 Å². The number of ether oxygens (including phenoxy) is 1. The number of carbonyl (C=O) groups excluding carboxylic acids is 1. The normalized spacial score (nSPS) is 15.8. The molecule has 164 valence electrons. The molecule has 1 atom stereocenters. The first-order valence-corrected chi connectivity index (χ1v) is 10.9. The van der Waals surface area contributed by atoms with Gasteiger partial charge in [-0.15, -0.1) is 0 Å². The number of carbonyl (C=O) groups is 1. The Labute approximate surface area is 183 Å². The van der Waals surface area contributed by atoms with Gasteiger partial charge in [-0.3, -0.25) is 9.69 Å². The van der Waals surface area contributed by atoms with Crippen LogP contribution in [0.4, 0.5) is 5.69 Å². The smallest absolute Gasteiger partial charge is 0.287 e. The number of benzene rings is 2. The van der Waals surface area contributed by atoms with Crippen LogP contribution < -0.4 is 15.0 Å². The second-order valence-corrected chi connectivity index (χ2v) is 8.32. The molecule has 31 heavy (non-hydrogen) atoms. The minimum atomic E-state index is -0.185. The second-order valence-electron chi connectivity index (χ2n) is 8.32. The molecule has 2 heterocycles. The maximum atomic E-state index is 12.6. The average Bonchev–Trinajstić information content (AvgIpc) is 3.23. The number of hydrogen-bond acceptors (Lipinski definition) is 5. The van der Waals surface area contributed by atoms with E-state index in [0.29, 0.717) is 17.1 Å². The molecule has 1 fully saturated rings. The summed E-state index contributed by atoms with van der Waals surface area (Å²) in [5.41, 5.74) is 3.21. The fourth-order valence-corrected chi connectivity index (χ4v) is 4.11. The summed E-state index contributed by atoms with van der Waals surface area (Å²) in [7, 11) is 1.60. The molecule has 0 aliphatic carbocycles. The minimum Gasteiger partial charge on any atom is -0.493 e. The predicted molar refractivity (Wildman–Crippen MR) is 124 cm³/mol. The van der Waals surface area contributed by atoms with Gasteiger partial charge >= 0.3 is 0 Å². The lowest BCUT2D eigenvalue weighted by atomic mass is 10.1. The van der Waals surface area contributed by atoms with Crippen molar-refractivity contribution in [3.05, 3.63) is 59.9 Å². The molecule has 1 aliphatic rings. The van der Waals surface area contributed by atoms with Crippen molar-refractivity contribution in [1.29, 1.82) is 0 Å². The van der Waals surface area contributed by atoms with E-state index < -0.39 is 0 Å². The summed E-state index contributed by atoms with van der Waals surface area (Å²) in [4.78, 5) is 17.6. The van der Waals surface area contributed by atoms with Crippen LogP contribution in [-0.4, -0.2) is 56.7 Å². The zero-order chi connectivity index (χ0) is 21.8. The Bertz CT molecular complexity index is 1040. The largest absolute Gasteiger partial charge is 0.493 e. The van der Waals surface area contributed by atoms with E-state index in [9.17, 15) is 4.79 Å². The van der Waals surface area contributed by atoms with Crippen molar-refractivity contribution >= 4 is 22.6 Å². The molecule has 6 nitrogen and oxygen atoms in total. The van der Waals surface area contributed by atoms with Crippen molar-refractivity contribution in [2.75, 3.05) is 44.7 Å². The molecule has 4 rings (SSSR count). The van der Waals surface area contributed by atoms with E-state index in [4.69, 9.17) is 9.15 Å². The van der Waals surface area contributed by atoms with E-state index in [1.807, 2.05) is 25.1 Å². The lowest BCUT2D eigenvalue weighted by Gasteiger charge is -2.36. The van der Waals surface area contributed by atoms with E-state index in [1.165, 1.54) is 11.3 Å². The molecule has 0 saturated carbocycles. The molecular weight excluding hydrogens is 390 g/mol. The number of aryl methyl sites for hydroxylation is 1. The van der Waals surface area contributed by atoms with Crippen molar-refractivity contribution < 1.29 is 13.9 Å². The Hall–Kier alpha value is -2.99. The minimum absolute atomic E-state index is 0.0670. The van der Waals surface area contributed by atoms with Crippen molar-refractivity contribution in [2.45, 2.75) is 26.3 Å². The molecule has 3 aromatic rings. The summed E-state index contributed by atoms with van der Waals surface area (Å²) in [6.07, 6.45) is 0.903. The second kappa shape index (κ2) is 9.43. The molecule has 0 spiro atoms. The highest BCUT2D eigenvalue weighted by molar-refractivity contribution is 5.97. The fraction of sp³-hybridized carbons (Fsp3) is 0.400. The van der Waals surface area contributed by atoms with Crippen molar-refractivity contribution in [2.24, 2.45) is 0 Å². The van der Waals surface area contributed by atoms with E-state index >= 15 is 0 Å². The quantitative estimate of drug-likeness (QED) is 0.623. The molecule has 0 bridgehead atoms. The Morgan fingerprint density at radius 1 is 1.13 bits per heavy atom. The van der Waals surface area contributed by atoms with E-state index in [1.54, 1.807) is 13.2 Å². The summed E-state index contributed by atoms with van der Waals surface area (Å²) >= 11 is 0. The first-order chi connectivity index (χ1) is 15.0. The number of amides is 1. The maximum Gasteiger partial charge on any atom is 0.287 e. The van der Waals surface area contributed by atoms with Gasteiger partial charge < -0.3 is 19.4 Å². The summed E-state index contributed by atoms with van der Waals surface area (Å²) in [6.45, 7) is 9.30. The summed E-state index contributed by atoms with van der Waals surface area (Å²) in [6, 6.07) is 16.2. The van der Waals surface area contributed by atoms with Gasteiger partial charge in [0.05, 0.1) is 7.11 Å². The van der Waals surface area contributed by atoms with Gasteiger partial charge in [0.25, 0.3) is 5.91 Å². The third kappa shape index (κ3) is 5.02. The van der Waals surface area contributed by atoms with Gasteiger partial charge in [-0.25, -0.2) is 0 Å². The molecule has 0 radical (unpaired) electrons. The Morgan fingerprint density at radius 2 is 1.90 bits per heavy atom. The van der Waals surface area contributed by atoms with Gasteiger partial charge in [0, 0.05) is 49.8 Å². The third-order valence-corrected chi connectivity index (χ3v) is 5.95. The Morgan fingerprint density at radius 3 is 2.65 bits per heavy atom. The summed E-state index contributed by atoms with van der Waals surface area (Å²) < 4.78 is 11.1. The number of nitrogens with one attached hydrogen (secondary N) is 1. The lowest BCUT2D eigenvalue weighted by molar-refractivity contribution is 0.0909. The van der Waals surface area contributed by atoms with Crippen molar-refractivity contribution in [3.63, 3.8) is 0 Å². The van der Waals surface area contributed by atoms with Crippen LogP contribution in [0.5, 0.6) is 5.75 Å². The first kappa shape index (κ1) is 21.2. The number of piperazine rings is 1. The monoisotopic (exact) mass is 421 g/mol. The van der Waals surface area contributed by atoms with Gasteiger partial charge in [0.2, 0.25) is 0 Å². The van der Waals surface area contributed by atoms with Crippen LogP contribution in [0.1, 0.15) is 29.5 Å². The molecule has 1 N–H and O–H groups in total. The van der Waals surface area contributed by atoms with Crippen LogP contribution >= 0.6 is 0 Å². The Balaban J connectivity index is 1.25. The number of anilines is 1. The molecule has 6 heteroatoms. The lowest BCUT2D eigenvalue weighted by Crippen LogP contribution is -2.47. The molecule has 1 aromatic heterocycles. The van der Waals surface area contributed by atoms with Gasteiger partial charge in [-0.2, -0.15) is 0 Å². The van der Waals surface area contributed by atoms with Gasteiger partial charge in [0.1, 0.15) is 0 Å². The Kier molecular flexibility index (Phi) is 6.47. The molecule has 1 saturated heterocycles. The molecule has 1 aliphatic heterocycles. The average molecular weight is 422 g/mol. The highest BCUT2D eigenvalue weighted by atomic mass is 16.5. The highest BCUT2D eigenvalue weighted by Crippen LogP contribution is 2.28. The van der Waals surface area contributed by atoms with Crippen LogP contribution in [-0.2, 0) is 0 Å². The third-order valence-electron chi connectivity index (χ3n) is 5.95. The zero-order valence-corrected chi connectivity index (χ0v) is 18.6. The molecular formula is C25H31N3O3. The van der Waals surface area contributed by atoms with Crippen LogP contribution in [0, 0.1) is 6.92 Å². The number of hydrogen-bond donors (Lipinski definition) is 1. The van der Waals surface area contributed by atoms with Crippen LogP contribution in [0.15, 0.2) is 52.9 Å². The predicted octanol–water partition coefficient (Wildman–Crippen LogP) is 4.08. The molecule has 1 unspecified atom stereocenters. The van der Waals surface area contributed by atoms with Gasteiger partial charge in [-0.1, -0.05) is 24.3 Å². The maximum absolute atomic E-state index is 12.6. The highest BCUT2D eigenvalue weighted by Gasteiger charge is 2.20. The number of methoxy groups -OCH3 is 1. The van der Waals surface area contributed by atoms with E-state index in [0.717, 1.165) is 44.5 Å². The number of nitrogens with zero attached hydrogens (tertiary/aromatic N) is 2. The molecule has 2 aromatic carbocycles. The van der Waals surface area contributed by atoms with Gasteiger partial charge in [0.15, 0.2) is 17.1 Å². The van der Waals surface area contributed by atoms with Crippen molar-refractivity contribution in [3.8, 4) is 5.75 Å². The fourth-order valence-electron chi connectivity index (χ4n) is 4.11. The number of fused-ring (bicyclic) bond motifs is 1. The SMILES string of the molecule is COc1cccc2cc(C(=O)NC(C)CCN3CCN(c4cccc(C)c4)CC3)oc12. The van der Waals surface area contributed by atoms with Crippen LogP contribution in [0.2, 0.25) is 0 Å². The number of rotatable bonds is 7. The van der Waals surface area contributed by atoms with Gasteiger partial charge in [-0.05, 0) is 50.1 Å². The molecule has 1 amide bonds. The standard InChI is InChI=1S/C25H31N3O3/c1-18-6-4-8-21(16-18)28-14-12-27(13-15-28)11-10-19(2)26-25(29)23-17-20-7-5-9-22(30-3)24(20)31-23/h4-9,16-17,19H,10-15H2,1-3H3,(H,26,29). The van der Waals surface area contributed by atoms with E-state index in [-0.39, 0.29) is 11.9 Å². The number of furan rings is 1. The van der Waals surface area contributed by atoms with Crippen LogP contribution in [0.3, 0.4) is 0 Å². The number of para-hydroxylation sites is 1. The zero-order valence-electron chi connectivity index (χ0n) is 18.6. The van der Waals surface area contributed by atoms with E-state index in [2.05, 4.69) is 46.3 Å².